The minimum atomic E-state index is 0.568. The molecule has 0 saturated heterocycles. The van der Waals surface area contributed by atoms with Crippen LogP contribution in [0.15, 0.2) is 0 Å². The fraction of sp³-hybridized carbons (Fsp3) is 0.750. The van der Waals surface area contributed by atoms with Gasteiger partial charge in [0, 0.05) is 19.6 Å². The minimum absolute atomic E-state index is 0.568. The number of rotatable bonds is 5. The largest absolute Gasteiger partial charge is 0.309 e. The molecule has 4 heteroatoms. The molecule has 16 heavy (non-hydrogen) atoms. The van der Waals surface area contributed by atoms with Crippen LogP contribution in [0.4, 0.5) is 0 Å². The average Bonchev–Trinajstić information content (AvgIpc) is 2.97. The van der Waals surface area contributed by atoms with Gasteiger partial charge in [-0.1, -0.05) is 24.4 Å². The molecule has 1 unspecified atom stereocenters. The van der Waals surface area contributed by atoms with Crippen LogP contribution in [0.2, 0.25) is 5.02 Å². The Balaban J connectivity index is 1.87. The van der Waals surface area contributed by atoms with Crippen LogP contribution in [0.3, 0.4) is 0 Å². The fourth-order valence-corrected chi connectivity index (χ4v) is 2.31. The maximum Gasteiger partial charge on any atom is 0.0860 e. The molecule has 3 nitrogen and oxygen atoms in total. The van der Waals surface area contributed by atoms with Crippen molar-refractivity contribution in [3.05, 3.63) is 16.4 Å². The average molecular weight is 242 g/mol. The highest BCUT2D eigenvalue weighted by molar-refractivity contribution is 6.31. The zero-order chi connectivity index (χ0) is 11.7. The quantitative estimate of drug-likeness (QED) is 0.859. The third kappa shape index (κ3) is 2.77. The normalized spacial score (nSPS) is 17.8. The molecule has 0 aromatic carbocycles. The topological polar surface area (TPSA) is 29.9 Å². The van der Waals surface area contributed by atoms with E-state index in [1.54, 1.807) is 0 Å². The summed E-state index contributed by atoms with van der Waals surface area (Å²) in [5, 5.41) is 8.63. The van der Waals surface area contributed by atoms with Gasteiger partial charge in [0.25, 0.3) is 0 Å². The second kappa shape index (κ2) is 4.76. The van der Waals surface area contributed by atoms with Crippen molar-refractivity contribution in [2.24, 2.45) is 13.0 Å². The number of nitrogens with zero attached hydrogens (tertiary/aromatic N) is 2. The van der Waals surface area contributed by atoms with Crippen molar-refractivity contribution in [2.75, 3.05) is 0 Å². The molecule has 1 aromatic rings. The van der Waals surface area contributed by atoms with Crippen LogP contribution < -0.4 is 5.32 Å². The van der Waals surface area contributed by atoms with Crippen LogP contribution in [0.1, 0.15) is 37.6 Å². The molecule has 2 rings (SSSR count). The third-order valence-corrected chi connectivity index (χ3v) is 3.76. The Hall–Kier alpha value is -0.540. The second-order valence-corrected chi connectivity index (χ2v) is 5.31. The number of aryl methyl sites for hydroxylation is 2. The summed E-state index contributed by atoms with van der Waals surface area (Å²) >= 11 is 6.19. The molecule has 1 N–H and O–H groups in total. The van der Waals surface area contributed by atoms with Crippen molar-refractivity contribution >= 4 is 11.6 Å². The minimum Gasteiger partial charge on any atom is -0.309 e. The molecule has 90 valence electrons. The predicted octanol–water partition coefficient (Wildman–Crippen LogP) is 2.66. The van der Waals surface area contributed by atoms with E-state index in [1.807, 2.05) is 18.7 Å². The lowest BCUT2D eigenvalue weighted by Crippen LogP contribution is -2.27. The van der Waals surface area contributed by atoms with Gasteiger partial charge < -0.3 is 5.32 Å². The molecule has 0 aliphatic heterocycles. The van der Waals surface area contributed by atoms with E-state index >= 15 is 0 Å². The lowest BCUT2D eigenvalue weighted by atomic mass is 10.1. The molecule has 0 radical (unpaired) electrons. The van der Waals surface area contributed by atoms with Gasteiger partial charge in [-0.2, -0.15) is 5.10 Å². The molecule has 1 aliphatic carbocycles. The van der Waals surface area contributed by atoms with E-state index in [2.05, 4.69) is 17.3 Å². The van der Waals surface area contributed by atoms with Gasteiger partial charge in [-0.15, -0.1) is 0 Å². The zero-order valence-electron chi connectivity index (χ0n) is 10.3. The Kier molecular flexibility index (Phi) is 3.55. The van der Waals surface area contributed by atoms with Crippen LogP contribution in [0.5, 0.6) is 0 Å². The number of hydrogen-bond donors (Lipinski definition) is 1. The molecule has 0 amide bonds. The van der Waals surface area contributed by atoms with E-state index in [1.165, 1.54) is 19.3 Å². The number of hydrogen-bond acceptors (Lipinski definition) is 2. The first kappa shape index (κ1) is 11.9. The van der Waals surface area contributed by atoms with Gasteiger partial charge >= 0.3 is 0 Å². The molecule has 1 heterocycles. The molecular formula is C12H20ClN3. The summed E-state index contributed by atoms with van der Waals surface area (Å²) in [6.07, 6.45) is 4.11. The molecule has 1 aromatic heterocycles. The summed E-state index contributed by atoms with van der Waals surface area (Å²) in [6, 6.07) is 0.568. The number of aromatic nitrogens is 2. The zero-order valence-corrected chi connectivity index (χ0v) is 11.0. The lowest BCUT2D eigenvalue weighted by molar-refractivity contribution is 0.477. The van der Waals surface area contributed by atoms with Crippen molar-refractivity contribution in [1.29, 1.82) is 0 Å². The van der Waals surface area contributed by atoms with Crippen molar-refractivity contribution in [2.45, 2.75) is 45.7 Å². The highest BCUT2D eigenvalue weighted by Gasteiger charge is 2.23. The van der Waals surface area contributed by atoms with Crippen molar-refractivity contribution in [1.82, 2.24) is 15.1 Å². The van der Waals surface area contributed by atoms with Crippen LogP contribution >= 0.6 is 11.6 Å². The van der Waals surface area contributed by atoms with E-state index < -0.39 is 0 Å². The molecule has 1 aliphatic rings. The van der Waals surface area contributed by atoms with E-state index in [0.717, 1.165) is 28.9 Å². The van der Waals surface area contributed by atoms with Gasteiger partial charge in [0.1, 0.15) is 0 Å². The predicted molar refractivity (Wildman–Crippen MR) is 66.6 cm³/mol. The Morgan fingerprint density at radius 3 is 2.75 bits per heavy atom. The second-order valence-electron chi connectivity index (χ2n) is 4.93. The summed E-state index contributed by atoms with van der Waals surface area (Å²) in [7, 11) is 1.95. The van der Waals surface area contributed by atoms with Crippen LogP contribution in [0.25, 0.3) is 0 Å². The van der Waals surface area contributed by atoms with Crippen LogP contribution in [-0.2, 0) is 13.6 Å². The summed E-state index contributed by atoms with van der Waals surface area (Å²) in [6.45, 7) is 5.00. The third-order valence-electron chi connectivity index (χ3n) is 3.26. The van der Waals surface area contributed by atoms with Crippen molar-refractivity contribution in [3.8, 4) is 0 Å². The van der Waals surface area contributed by atoms with Gasteiger partial charge in [-0.3, -0.25) is 4.68 Å². The Labute approximate surface area is 102 Å². The molecule has 1 fully saturated rings. The van der Waals surface area contributed by atoms with Crippen molar-refractivity contribution < 1.29 is 0 Å². The highest BCUT2D eigenvalue weighted by Crippen LogP contribution is 2.33. The fourth-order valence-electron chi connectivity index (χ4n) is 2.08. The molecule has 0 spiro atoms. The first-order valence-electron chi connectivity index (χ1n) is 5.99. The van der Waals surface area contributed by atoms with Gasteiger partial charge in [0.15, 0.2) is 0 Å². The molecular weight excluding hydrogens is 222 g/mol. The molecule has 1 atom stereocenters. The van der Waals surface area contributed by atoms with Gasteiger partial charge in [-0.05, 0) is 26.2 Å². The summed E-state index contributed by atoms with van der Waals surface area (Å²) in [4.78, 5) is 0. The Morgan fingerprint density at radius 1 is 1.56 bits per heavy atom. The van der Waals surface area contributed by atoms with E-state index in [-0.39, 0.29) is 0 Å². The summed E-state index contributed by atoms with van der Waals surface area (Å²) in [5.74, 6) is 0.964. The standard InChI is InChI=1S/C12H20ClN3/c1-8(6-10-4-5-10)14-7-11-12(13)9(2)15-16(11)3/h8,10,14H,4-7H2,1-3H3. The summed E-state index contributed by atoms with van der Waals surface area (Å²) < 4.78 is 1.87. The van der Waals surface area contributed by atoms with Gasteiger partial charge in [0.05, 0.1) is 16.4 Å². The van der Waals surface area contributed by atoms with E-state index in [0.29, 0.717) is 6.04 Å². The Bertz CT molecular complexity index is 369. The van der Waals surface area contributed by atoms with Crippen LogP contribution in [-0.4, -0.2) is 15.8 Å². The van der Waals surface area contributed by atoms with Gasteiger partial charge in [-0.25, -0.2) is 0 Å². The smallest absolute Gasteiger partial charge is 0.0860 e. The molecule has 1 saturated carbocycles. The van der Waals surface area contributed by atoms with Crippen molar-refractivity contribution in [3.63, 3.8) is 0 Å². The van der Waals surface area contributed by atoms with Crippen LogP contribution in [0, 0.1) is 12.8 Å². The number of nitrogens with one attached hydrogen (secondary N) is 1. The maximum absolute atomic E-state index is 6.19. The lowest BCUT2D eigenvalue weighted by Gasteiger charge is -2.13. The maximum atomic E-state index is 6.19. The highest BCUT2D eigenvalue weighted by atomic mass is 35.5. The first-order valence-corrected chi connectivity index (χ1v) is 6.37. The van der Waals surface area contributed by atoms with E-state index in [4.69, 9.17) is 11.6 Å². The van der Waals surface area contributed by atoms with E-state index in [9.17, 15) is 0 Å². The van der Waals surface area contributed by atoms with Gasteiger partial charge in [0.2, 0.25) is 0 Å². The number of halogens is 1. The first-order chi connectivity index (χ1) is 7.58. The Morgan fingerprint density at radius 2 is 2.25 bits per heavy atom. The summed E-state index contributed by atoms with van der Waals surface area (Å²) in [5.41, 5.74) is 2.00. The molecule has 0 bridgehead atoms. The SMILES string of the molecule is Cc1nn(C)c(CNC(C)CC2CC2)c1Cl. The monoisotopic (exact) mass is 241 g/mol.